The highest BCUT2D eigenvalue weighted by Crippen LogP contribution is 2.39. The van der Waals surface area contributed by atoms with Crippen LogP contribution in [0.4, 0.5) is 0 Å². The molecular formula is C31H41N5O3. The third-order valence-corrected chi connectivity index (χ3v) is 8.43. The highest BCUT2D eigenvalue weighted by Gasteiger charge is 2.31. The fourth-order valence-corrected chi connectivity index (χ4v) is 6.20. The van der Waals surface area contributed by atoms with Crippen LogP contribution in [0.5, 0.6) is 5.88 Å². The lowest BCUT2D eigenvalue weighted by atomic mass is 9.95. The first-order valence-electron chi connectivity index (χ1n) is 14.7. The van der Waals surface area contributed by atoms with Crippen LogP contribution in [0.1, 0.15) is 80.9 Å². The van der Waals surface area contributed by atoms with Gasteiger partial charge in [0.05, 0.1) is 24.6 Å². The van der Waals surface area contributed by atoms with Crippen molar-refractivity contribution in [2.24, 2.45) is 0 Å². The van der Waals surface area contributed by atoms with Crippen molar-refractivity contribution in [1.82, 2.24) is 24.6 Å². The molecule has 3 aliphatic rings. The SMILES string of the molecule is COC(=O)c1cc(-c2ccc(CN3CCN(C4CC4)CC3)cc2)c2c(OC(C)C)nn(C3CCCCC3)c2n1. The number of benzene rings is 1. The van der Waals surface area contributed by atoms with Gasteiger partial charge in [-0.2, -0.15) is 0 Å². The van der Waals surface area contributed by atoms with Crippen molar-refractivity contribution in [3.05, 3.63) is 41.6 Å². The standard InChI is InChI=1S/C31H41N5O3/c1-21(2)39-30-28-26(19-27(31(37)38-3)32-29(28)36(33-30)25-7-5-4-6-8-25)23-11-9-22(10-12-23)20-34-15-17-35(18-16-34)24-13-14-24/h9-12,19,21,24-25H,4-8,13-18,20H2,1-3H3. The molecule has 3 fully saturated rings. The molecule has 6 rings (SSSR count). The lowest BCUT2D eigenvalue weighted by molar-refractivity contribution is 0.0594. The van der Waals surface area contributed by atoms with Crippen molar-refractivity contribution in [3.8, 4) is 17.0 Å². The van der Waals surface area contributed by atoms with Gasteiger partial charge >= 0.3 is 5.97 Å². The molecule has 8 heteroatoms. The summed E-state index contributed by atoms with van der Waals surface area (Å²) in [6.07, 6.45) is 8.44. The van der Waals surface area contributed by atoms with E-state index < -0.39 is 5.97 Å². The first-order chi connectivity index (χ1) is 19.0. The van der Waals surface area contributed by atoms with Gasteiger partial charge in [-0.1, -0.05) is 43.5 Å². The molecule has 3 aromatic rings. The van der Waals surface area contributed by atoms with Gasteiger partial charge in [0, 0.05) is 44.3 Å². The number of methoxy groups -OCH3 is 1. The number of carbonyl (C=O) groups excluding carboxylic acids is 1. The smallest absolute Gasteiger partial charge is 0.356 e. The number of hydrogen-bond donors (Lipinski definition) is 0. The van der Waals surface area contributed by atoms with E-state index in [0.717, 1.165) is 55.0 Å². The molecule has 0 spiro atoms. The fourth-order valence-electron chi connectivity index (χ4n) is 6.20. The summed E-state index contributed by atoms with van der Waals surface area (Å²) in [6, 6.07) is 11.7. The van der Waals surface area contributed by atoms with Crippen molar-refractivity contribution in [3.63, 3.8) is 0 Å². The number of aromatic nitrogens is 3. The van der Waals surface area contributed by atoms with Gasteiger partial charge in [-0.15, -0.1) is 5.10 Å². The van der Waals surface area contributed by atoms with Gasteiger partial charge in [0.15, 0.2) is 11.3 Å². The van der Waals surface area contributed by atoms with Gasteiger partial charge < -0.3 is 9.47 Å². The van der Waals surface area contributed by atoms with E-state index in [9.17, 15) is 4.79 Å². The molecule has 8 nitrogen and oxygen atoms in total. The molecule has 39 heavy (non-hydrogen) atoms. The summed E-state index contributed by atoms with van der Waals surface area (Å²) in [5.41, 5.74) is 4.22. The summed E-state index contributed by atoms with van der Waals surface area (Å²) in [7, 11) is 1.40. The molecule has 0 N–H and O–H groups in total. The Hall–Kier alpha value is -2.97. The number of carbonyl (C=O) groups is 1. The van der Waals surface area contributed by atoms with Crippen molar-refractivity contribution in [2.45, 2.75) is 83.5 Å². The molecule has 0 radical (unpaired) electrons. The Kier molecular flexibility index (Phi) is 7.58. The minimum absolute atomic E-state index is 0.0289. The summed E-state index contributed by atoms with van der Waals surface area (Å²) in [5.74, 6) is 0.143. The molecule has 2 aromatic heterocycles. The minimum atomic E-state index is -0.442. The largest absolute Gasteiger partial charge is 0.473 e. The van der Waals surface area contributed by atoms with Crippen LogP contribution in [0.2, 0.25) is 0 Å². The monoisotopic (exact) mass is 531 g/mol. The van der Waals surface area contributed by atoms with Crippen LogP contribution >= 0.6 is 0 Å². The molecule has 3 heterocycles. The second-order valence-electron chi connectivity index (χ2n) is 11.7. The average Bonchev–Trinajstić information content (AvgIpc) is 3.75. The van der Waals surface area contributed by atoms with Crippen LogP contribution in [-0.2, 0) is 11.3 Å². The van der Waals surface area contributed by atoms with E-state index in [1.807, 2.05) is 24.6 Å². The lowest BCUT2D eigenvalue weighted by Crippen LogP contribution is -2.46. The van der Waals surface area contributed by atoms with E-state index in [2.05, 4.69) is 34.1 Å². The predicted molar refractivity (Wildman–Crippen MR) is 152 cm³/mol. The molecule has 1 saturated heterocycles. The predicted octanol–water partition coefficient (Wildman–Crippen LogP) is 5.46. The Bertz CT molecular complexity index is 1300. The Morgan fingerprint density at radius 1 is 0.974 bits per heavy atom. The molecule has 0 unspecified atom stereocenters. The van der Waals surface area contributed by atoms with Crippen molar-refractivity contribution < 1.29 is 14.3 Å². The van der Waals surface area contributed by atoms with E-state index in [4.69, 9.17) is 19.6 Å². The van der Waals surface area contributed by atoms with Gasteiger partial charge in [-0.05, 0) is 56.7 Å². The number of esters is 1. The zero-order chi connectivity index (χ0) is 26.9. The minimum Gasteiger partial charge on any atom is -0.473 e. The fraction of sp³-hybridized carbons (Fsp3) is 0.581. The Balaban J connectivity index is 1.34. The summed E-state index contributed by atoms with van der Waals surface area (Å²) < 4.78 is 13.3. The highest BCUT2D eigenvalue weighted by atomic mass is 16.5. The Morgan fingerprint density at radius 2 is 1.69 bits per heavy atom. The Morgan fingerprint density at radius 3 is 2.33 bits per heavy atom. The second kappa shape index (κ2) is 11.3. The maximum atomic E-state index is 12.7. The number of rotatable bonds is 8. The average molecular weight is 532 g/mol. The third-order valence-electron chi connectivity index (χ3n) is 8.43. The van der Waals surface area contributed by atoms with Crippen LogP contribution in [-0.4, -0.2) is 76.0 Å². The zero-order valence-corrected chi connectivity index (χ0v) is 23.6. The third kappa shape index (κ3) is 5.68. The Labute approximate surface area is 231 Å². The van der Waals surface area contributed by atoms with E-state index in [-0.39, 0.29) is 12.1 Å². The molecule has 208 valence electrons. The summed E-state index contributed by atoms with van der Waals surface area (Å²) in [4.78, 5) is 22.7. The maximum absolute atomic E-state index is 12.7. The quantitative estimate of drug-likeness (QED) is 0.358. The molecule has 2 aliphatic carbocycles. The first-order valence-corrected chi connectivity index (χ1v) is 14.7. The molecular weight excluding hydrogens is 490 g/mol. The van der Waals surface area contributed by atoms with Gasteiger partial charge in [0.25, 0.3) is 0 Å². The topological polar surface area (TPSA) is 72.7 Å². The van der Waals surface area contributed by atoms with Crippen molar-refractivity contribution >= 4 is 17.0 Å². The number of piperazine rings is 1. The van der Waals surface area contributed by atoms with Crippen molar-refractivity contribution in [1.29, 1.82) is 0 Å². The first kappa shape index (κ1) is 26.3. The van der Waals surface area contributed by atoms with E-state index in [1.54, 1.807) is 0 Å². The molecule has 0 bridgehead atoms. The summed E-state index contributed by atoms with van der Waals surface area (Å²) >= 11 is 0. The van der Waals surface area contributed by atoms with E-state index >= 15 is 0 Å². The number of pyridine rings is 1. The van der Waals surface area contributed by atoms with E-state index in [1.165, 1.54) is 57.9 Å². The van der Waals surface area contributed by atoms with Gasteiger partial charge in [0.1, 0.15) is 0 Å². The van der Waals surface area contributed by atoms with Gasteiger partial charge in [-0.25, -0.2) is 14.5 Å². The van der Waals surface area contributed by atoms with Crippen LogP contribution in [0.15, 0.2) is 30.3 Å². The molecule has 0 amide bonds. The summed E-state index contributed by atoms with van der Waals surface area (Å²) in [6.45, 7) is 9.60. The normalized spacial score (nSPS) is 19.6. The van der Waals surface area contributed by atoms with Crippen LogP contribution in [0.25, 0.3) is 22.2 Å². The molecule has 1 aliphatic heterocycles. The zero-order valence-electron chi connectivity index (χ0n) is 23.6. The highest BCUT2D eigenvalue weighted by molar-refractivity contribution is 6.01. The van der Waals surface area contributed by atoms with Crippen molar-refractivity contribution in [2.75, 3.05) is 33.3 Å². The molecule has 2 saturated carbocycles. The second-order valence-corrected chi connectivity index (χ2v) is 11.7. The van der Waals surface area contributed by atoms with Gasteiger partial charge in [-0.3, -0.25) is 9.80 Å². The van der Waals surface area contributed by atoms with Crippen LogP contribution < -0.4 is 4.74 Å². The number of ether oxygens (including phenoxy) is 2. The van der Waals surface area contributed by atoms with Crippen LogP contribution in [0, 0.1) is 0 Å². The van der Waals surface area contributed by atoms with E-state index in [0.29, 0.717) is 17.2 Å². The number of nitrogens with zero attached hydrogens (tertiary/aromatic N) is 5. The van der Waals surface area contributed by atoms with Crippen LogP contribution in [0.3, 0.4) is 0 Å². The molecule has 0 atom stereocenters. The number of fused-ring (bicyclic) bond motifs is 1. The number of hydrogen-bond acceptors (Lipinski definition) is 7. The lowest BCUT2D eigenvalue weighted by Gasteiger charge is -2.34. The van der Waals surface area contributed by atoms with Gasteiger partial charge in [0.2, 0.25) is 5.88 Å². The summed E-state index contributed by atoms with van der Waals surface area (Å²) in [5, 5.41) is 5.82. The maximum Gasteiger partial charge on any atom is 0.356 e. The molecule has 1 aromatic carbocycles.